The van der Waals surface area contributed by atoms with Gasteiger partial charge in [0.2, 0.25) is 5.91 Å². The number of aromatic nitrogens is 2. The lowest BCUT2D eigenvalue weighted by molar-refractivity contribution is -0.143. The number of amides is 1. The number of carbonyl (C=O) groups is 2. The topological polar surface area (TPSA) is 64.4 Å². The number of ether oxygens (including phenoxy) is 1. The van der Waals surface area contributed by atoms with Crippen LogP contribution in [0.25, 0.3) is 0 Å². The van der Waals surface area contributed by atoms with Crippen molar-refractivity contribution in [3.8, 4) is 0 Å². The molecule has 0 aromatic carbocycles. The van der Waals surface area contributed by atoms with E-state index in [1.165, 1.54) is 0 Å². The maximum Gasteiger partial charge on any atom is 0.307 e. The lowest BCUT2D eigenvalue weighted by Gasteiger charge is -2.16. The predicted octanol–water partition coefficient (Wildman–Crippen LogP) is 0.685. The van der Waals surface area contributed by atoms with E-state index in [1.54, 1.807) is 31.4 Å². The quantitative estimate of drug-likeness (QED) is 0.670. The molecule has 1 amide bonds. The molecule has 0 fully saturated rings. The van der Waals surface area contributed by atoms with Crippen molar-refractivity contribution in [3.05, 3.63) is 18.7 Å². The molecule has 100 valence electrons. The fourth-order valence-electron chi connectivity index (χ4n) is 1.45. The predicted molar refractivity (Wildman–Crippen MR) is 65.7 cm³/mol. The third-order valence-corrected chi connectivity index (χ3v) is 2.53. The van der Waals surface area contributed by atoms with Gasteiger partial charge in [0, 0.05) is 39.0 Å². The maximum absolute atomic E-state index is 11.7. The number of carbonyl (C=O) groups excluding carboxylic acids is 2. The van der Waals surface area contributed by atoms with Gasteiger partial charge in [0.1, 0.15) is 0 Å². The van der Waals surface area contributed by atoms with Gasteiger partial charge >= 0.3 is 5.97 Å². The highest BCUT2D eigenvalue weighted by molar-refractivity contribution is 5.76. The third-order valence-electron chi connectivity index (χ3n) is 2.53. The van der Waals surface area contributed by atoms with Gasteiger partial charge in [-0.1, -0.05) is 0 Å². The molecule has 0 N–H and O–H groups in total. The number of imidazole rings is 1. The van der Waals surface area contributed by atoms with E-state index < -0.39 is 0 Å². The van der Waals surface area contributed by atoms with Crippen LogP contribution in [0.4, 0.5) is 0 Å². The van der Waals surface area contributed by atoms with E-state index in [9.17, 15) is 9.59 Å². The SMILES string of the molecule is CCOC(=O)CCN(C)C(=O)CCn1ccnc1. The molecule has 0 radical (unpaired) electrons. The summed E-state index contributed by atoms with van der Waals surface area (Å²) in [7, 11) is 1.69. The van der Waals surface area contributed by atoms with Crippen molar-refractivity contribution in [2.24, 2.45) is 0 Å². The average Bonchev–Trinajstić information content (AvgIpc) is 2.86. The van der Waals surface area contributed by atoms with Crippen LogP contribution in [-0.4, -0.2) is 46.5 Å². The Balaban J connectivity index is 2.22. The zero-order valence-electron chi connectivity index (χ0n) is 10.8. The van der Waals surface area contributed by atoms with Gasteiger partial charge in [-0.25, -0.2) is 4.98 Å². The fourth-order valence-corrected chi connectivity index (χ4v) is 1.45. The van der Waals surface area contributed by atoms with Crippen LogP contribution in [-0.2, 0) is 20.9 Å². The van der Waals surface area contributed by atoms with Crippen LogP contribution in [0.3, 0.4) is 0 Å². The van der Waals surface area contributed by atoms with Crippen molar-refractivity contribution < 1.29 is 14.3 Å². The first kappa shape index (κ1) is 14.2. The molecule has 0 saturated heterocycles. The van der Waals surface area contributed by atoms with Crippen molar-refractivity contribution in [1.82, 2.24) is 14.5 Å². The molecule has 1 aromatic heterocycles. The van der Waals surface area contributed by atoms with Gasteiger partial charge < -0.3 is 14.2 Å². The zero-order valence-corrected chi connectivity index (χ0v) is 10.8. The van der Waals surface area contributed by atoms with Crippen LogP contribution in [0.15, 0.2) is 18.7 Å². The Labute approximate surface area is 107 Å². The molecule has 1 aromatic rings. The van der Waals surface area contributed by atoms with Crippen LogP contribution >= 0.6 is 0 Å². The van der Waals surface area contributed by atoms with Crippen molar-refractivity contribution in [1.29, 1.82) is 0 Å². The smallest absolute Gasteiger partial charge is 0.307 e. The van der Waals surface area contributed by atoms with E-state index >= 15 is 0 Å². The maximum atomic E-state index is 11.7. The van der Waals surface area contributed by atoms with E-state index in [-0.39, 0.29) is 18.3 Å². The number of hydrogen-bond donors (Lipinski definition) is 0. The molecule has 1 heterocycles. The van der Waals surface area contributed by atoms with E-state index in [0.717, 1.165) is 0 Å². The standard InChI is InChI=1S/C12H19N3O3/c1-3-18-12(17)5-7-14(2)11(16)4-8-15-9-6-13-10-15/h6,9-10H,3-5,7-8H2,1-2H3. The van der Waals surface area contributed by atoms with Gasteiger partial charge in [-0.3, -0.25) is 9.59 Å². The second-order valence-corrected chi connectivity index (χ2v) is 3.92. The molecule has 0 bridgehead atoms. The molecule has 0 unspecified atom stereocenters. The summed E-state index contributed by atoms with van der Waals surface area (Å²) in [6.45, 7) is 3.12. The monoisotopic (exact) mass is 253 g/mol. The Morgan fingerprint density at radius 3 is 2.78 bits per heavy atom. The minimum absolute atomic E-state index is 0.00741. The first-order valence-corrected chi connectivity index (χ1v) is 5.98. The van der Waals surface area contributed by atoms with Crippen molar-refractivity contribution in [2.75, 3.05) is 20.2 Å². The molecular formula is C12H19N3O3. The van der Waals surface area contributed by atoms with E-state index in [4.69, 9.17) is 4.74 Å². The molecule has 6 nitrogen and oxygen atoms in total. The summed E-state index contributed by atoms with van der Waals surface area (Å²) in [6.07, 6.45) is 5.80. The summed E-state index contributed by atoms with van der Waals surface area (Å²) in [6, 6.07) is 0. The minimum atomic E-state index is -0.272. The Bertz CT molecular complexity index is 376. The lowest BCUT2D eigenvalue weighted by atomic mass is 10.3. The molecule has 0 aliphatic heterocycles. The summed E-state index contributed by atoms with van der Waals surface area (Å²) >= 11 is 0. The zero-order chi connectivity index (χ0) is 13.4. The molecule has 0 aliphatic carbocycles. The minimum Gasteiger partial charge on any atom is -0.466 e. The first-order chi connectivity index (χ1) is 8.63. The molecule has 0 aliphatic rings. The summed E-state index contributed by atoms with van der Waals surface area (Å²) in [5.74, 6) is -0.264. The summed E-state index contributed by atoms with van der Waals surface area (Å²) in [5, 5.41) is 0. The summed E-state index contributed by atoms with van der Waals surface area (Å²) < 4.78 is 6.65. The average molecular weight is 253 g/mol. The van der Waals surface area contributed by atoms with Gasteiger partial charge in [0.25, 0.3) is 0 Å². The molecule has 0 spiro atoms. The third kappa shape index (κ3) is 4.99. The van der Waals surface area contributed by atoms with Crippen molar-refractivity contribution >= 4 is 11.9 Å². The van der Waals surface area contributed by atoms with Gasteiger partial charge in [-0.05, 0) is 6.92 Å². The Hall–Kier alpha value is -1.85. The first-order valence-electron chi connectivity index (χ1n) is 5.98. The van der Waals surface area contributed by atoms with Crippen molar-refractivity contribution in [3.63, 3.8) is 0 Å². The highest BCUT2D eigenvalue weighted by Crippen LogP contribution is 1.98. The summed E-state index contributed by atoms with van der Waals surface area (Å²) in [4.78, 5) is 28.3. The van der Waals surface area contributed by atoms with Crippen LogP contribution in [0.2, 0.25) is 0 Å². The van der Waals surface area contributed by atoms with Crippen LogP contribution in [0.5, 0.6) is 0 Å². The van der Waals surface area contributed by atoms with Gasteiger partial charge in [0.05, 0.1) is 19.4 Å². The molecule has 1 rings (SSSR count). The van der Waals surface area contributed by atoms with Gasteiger partial charge in [0.15, 0.2) is 0 Å². The van der Waals surface area contributed by atoms with Crippen LogP contribution in [0, 0.1) is 0 Å². The lowest BCUT2D eigenvalue weighted by Crippen LogP contribution is -2.30. The number of aryl methyl sites for hydroxylation is 1. The number of nitrogens with zero attached hydrogens (tertiary/aromatic N) is 3. The Morgan fingerprint density at radius 1 is 1.39 bits per heavy atom. The molecule has 6 heteroatoms. The highest BCUT2D eigenvalue weighted by atomic mass is 16.5. The Morgan fingerprint density at radius 2 is 2.17 bits per heavy atom. The largest absolute Gasteiger partial charge is 0.466 e. The second kappa shape index (κ2) is 7.47. The van der Waals surface area contributed by atoms with E-state index in [1.807, 2.05) is 10.8 Å². The van der Waals surface area contributed by atoms with Crippen LogP contribution < -0.4 is 0 Å². The molecule has 0 atom stereocenters. The number of hydrogen-bond acceptors (Lipinski definition) is 4. The van der Waals surface area contributed by atoms with Gasteiger partial charge in [-0.2, -0.15) is 0 Å². The molecular weight excluding hydrogens is 234 g/mol. The Kier molecular flexibility index (Phi) is 5.90. The number of esters is 1. The molecule has 0 saturated carbocycles. The van der Waals surface area contributed by atoms with E-state index in [0.29, 0.717) is 26.1 Å². The number of rotatable bonds is 7. The van der Waals surface area contributed by atoms with E-state index in [2.05, 4.69) is 4.98 Å². The molecule has 18 heavy (non-hydrogen) atoms. The van der Waals surface area contributed by atoms with Gasteiger partial charge in [-0.15, -0.1) is 0 Å². The fraction of sp³-hybridized carbons (Fsp3) is 0.583. The highest BCUT2D eigenvalue weighted by Gasteiger charge is 2.11. The van der Waals surface area contributed by atoms with Crippen LogP contribution in [0.1, 0.15) is 19.8 Å². The normalized spacial score (nSPS) is 10.1. The summed E-state index contributed by atoms with van der Waals surface area (Å²) in [5.41, 5.74) is 0. The second-order valence-electron chi connectivity index (χ2n) is 3.92. The van der Waals surface area contributed by atoms with Crippen molar-refractivity contribution in [2.45, 2.75) is 26.3 Å².